The fourth-order valence-corrected chi connectivity index (χ4v) is 1.14. The number of rotatable bonds is 4. The highest BCUT2D eigenvalue weighted by Crippen LogP contribution is 2.38. The van der Waals surface area contributed by atoms with Gasteiger partial charge in [0.05, 0.1) is 4.92 Å². The molecule has 0 aliphatic heterocycles. The molecule has 98 valence electrons. The summed E-state index contributed by atoms with van der Waals surface area (Å²) in [6, 6.07) is 1.90. The van der Waals surface area contributed by atoms with Gasteiger partial charge in [-0.3, -0.25) is 10.1 Å². The third kappa shape index (κ3) is 3.34. The van der Waals surface area contributed by atoms with Crippen LogP contribution in [0.15, 0.2) is 18.2 Å². The minimum atomic E-state index is -4.93. The lowest BCUT2D eigenvalue weighted by atomic mass is 10.1. The van der Waals surface area contributed by atoms with E-state index in [-0.39, 0.29) is 0 Å². The average Bonchev–Trinajstić information content (AvgIpc) is 2.24. The monoisotopic (exact) mass is 265 g/mol. The minimum Gasteiger partial charge on any atom is -0.482 e. The second kappa shape index (κ2) is 4.90. The Bertz CT molecular complexity index is 486. The van der Waals surface area contributed by atoms with Gasteiger partial charge in [-0.15, -0.1) is 0 Å². The number of ether oxygens (including phenoxy) is 1. The lowest BCUT2D eigenvalue weighted by molar-refractivity contribution is -0.388. The standard InChI is InChI=1S/C9H6F3NO5/c10-9(11,12)6-3-5(18-4-8(14)15)1-2-7(6)13(16)17/h1-3H,4H2,(H,14,15). The van der Waals surface area contributed by atoms with Crippen molar-refractivity contribution in [1.29, 1.82) is 0 Å². The number of carboxylic acid groups (broad SMARTS) is 1. The number of benzene rings is 1. The summed E-state index contributed by atoms with van der Waals surface area (Å²) in [5.41, 5.74) is -2.61. The van der Waals surface area contributed by atoms with Gasteiger partial charge in [0.1, 0.15) is 11.3 Å². The topological polar surface area (TPSA) is 89.7 Å². The SMILES string of the molecule is O=C(O)COc1ccc([N+](=O)[O-])c(C(F)(F)F)c1. The Morgan fingerprint density at radius 1 is 1.44 bits per heavy atom. The Kier molecular flexibility index (Phi) is 3.74. The van der Waals surface area contributed by atoms with Crippen LogP contribution in [0.5, 0.6) is 5.75 Å². The van der Waals surface area contributed by atoms with Crippen molar-refractivity contribution >= 4 is 11.7 Å². The number of hydrogen-bond acceptors (Lipinski definition) is 4. The average molecular weight is 265 g/mol. The quantitative estimate of drug-likeness (QED) is 0.664. The Hall–Kier alpha value is -2.32. The third-order valence-corrected chi connectivity index (χ3v) is 1.83. The van der Waals surface area contributed by atoms with Gasteiger partial charge in [0.25, 0.3) is 5.69 Å². The van der Waals surface area contributed by atoms with Crippen LogP contribution >= 0.6 is 0 Å². The summed E-state index contributed by atoms with van der Waals surface area (Å²) in [6.45, 7) is -0.838. The molecule has 0 atom stereocenters. The van der Waals surface area contributed by atoms with Crippen LogP contribution in [0.1, 0.15) is 5.56 Å². The van der Waals surface area contributed by atoms with Gasteiger partial charge in [-0.05, 0) is 12.1 Å². The predicted octanol–water partition coefficient (Wildman–Crippen LogP) is 2.08. The molecule has 0 unspecified atom stereocenters. The molecule has 1 rings (SSSR count). The molecule has 0 amide bonds. The van der Waals surface area contributed by atoms with Crippen LogP contribution in [0.4, 0.5) is 18.9 Å². The van der Waals surface area contributed by atoms with Crippen molar-refractivity contribution < 1.29 is 32.7 Å². The normalized spacial score (nSPS) is 11.1. The summed E-state index contributed by atoms with van der Waals surface area (Å²) in [5, 5.41) is 18.7. The fourth-order valence-electron chi connectivity index (χ4n) is 1.14. The predicted molar refractivity (Wildman–Crippen MR) is 51.2 cm³/mol. The second-order valence-corrected chi connectivity index (χ2v) is 3.12. The van der Waals surface area contributed by atoms with Crippen molar-refractivity contribution in [2.75, 3.05) is 6.61 Å². The van der Waals surface area contributed by atoms with Gasteiger partial charge < -0.3 is 9.84 Å². The van der Waals surface area contributed by atoms with Crippen LogP contribution < -0.4 is 4.74 Å². The van der Waals surface area contributed by atoms with Crippen LogP contribution in [0.25, 0.3) is 0 Å². The van der Waals surface area contributed by atoms with E-state index in [9.17, 15) is 28.1 Å². The number of alkyl halides is 3. The van der Waals surface area contributed by atoms with Crippen molar-refractivity contribution in [3.05, 3.63) is 33.9 Å². The summed E-state index contributed by atoms with van der Waals surface area (Å²) in [7, 11) is 0. The van der Waals surface area contributed by atoms with Gasteiger partial charge in [0, 0.05) is 6.07 Å². The van der Waals surface area contributed by atoms with E-state index in [0.29, 0.717) is 12.1 Å². The molecule has 0 bridgehead atoms. The Morgan fingerprint density at radius 3 is 2.50 bits per heavy atom. The third-order valence-electron chi connectivity index (χ3n) is 1.83. The molecule has 0 aromatic heterocycles. The van der Waals surface area contributed by atoms with Gasteiger partial charge in [-0.1, -0.05) is 0 Å². The zero-order chi connectivity index (χ0) is 13.9. The van der Waals surface area contributed by atoms with E-state index in [0.717, 1.165) is 6.07 Å². The number of nitro groups is 1. The number of carboxylic acids is 1. The van der Waals surface area contributed by atoms with Gasteiger partial charge in [0.15, 0.2) is 6.61 Å². The molecule has 1 N–H and O–H groups in total. The van der Waals surface area contributed by atoms with Crippen LogP contribution in [0.3, 0.4) is 0 Å². The molecule has 0 saturated carbocycles. The summed E-state index contributed by atoms with van der Waals surface area (Å²) < 4.78 is 42.0. The molecule has 0 spiro atoms. The molecule has 18 heavy (non-hydrogen) atoms. The van der Waals surface area contributed by atoms with E-state index >= 15 is 0 Å². The molecule has 0 fully saturated rings. The molecule has 0 aliphatic rings. The molecule has 0 heterocycles. The molecule has 1 aromatic rings. The Balaban J connectivity index is 3.14. The van der Waals surface area contributed by atoms with E-state index in [1.54, 1.807) is 0 Å². The van der Waals surface area contributed by atoms with Crippen molar-refractivity contribution in [3.63, 3.8) is 0 Å². The number of carbonyl (C=O) groups is 1. The van der Waals surface area contributed by atoms with Crippen LogP contribution in [0, 0.1) is 10.1 Å². The molecular weight excluding hydrogens is 259 g/mol. The highest BCUT2D eigenvalue weighted by atomic mass is 19.4. The Morgan fingerprint density at radius 2 is 2.06 bits per heavy atom. The summed E-state index contributed by atoms with van der Waals surface area (Å²) in [6.07, 6.45) is -4.93. The molecular formula is C9H6F3NO5. The van der Waals surface area contributed by atoms with E-state index < -0.39 is 40.7 Å². The second-order valence-electron chi connectivity index (χ2n) is 3.12. The zero-order valence-corrected chi connectivity index (χ0v) is 8.60. The highest BCUT2D eigenvalue weighted by Gasteiger charge is 2.38. The number of halogens is 3. The van der Waals surface area contributed by atoms with Gasteiger partial charge in [-0.2, -0.15) is 13.2 Å². The minimum absolute atomic E-state index is 0.390. The zero-order valence-electron chi connectivity index (χ0n) is 8.60. The number of aliphatic carboxylic acids is 1. The lowest BCUT2D eigenvalue weighted by Crippen LogP contribution is -2.12. The van der Waals surface area contributed by atoms with E-state index in [2.05, 4.69) is 4.74 Å². The fraction of sp³-hybridized carbons (Fsp3) is 0.222. The molecule has 0 radical (unpaired) electrons. The molecule has 1 aromatic carbocycles. The van der Waals surface area contributed by atoms with Gasteiger partial charge in [-0.25, -0.2) is 4.79 Å². The van der Waals surface area contributed by atoms with E-state index in [1.165, 1.54) is 0 Å². The first kappa shape index (κ1) is 13.7. The summed E-state index contributed by atoms with van der Waals surface area (Å²) in [5.74, 6) is -1.78. The number of hydrogen-bond donors (Lipinski definition) is 1. The maximum atomic E-state index is 12.5. The van der Waals surface area contributed by atoms with Crippen LogP contribution in [-0.2, 0) is 11.0 Å². The van der Waals surface area contributed by atoms with E-state index in [1.807, 2.05) is 0 Å². The van der Waals surface area contributed by atoms with Gasteiger partial charge in [0.2, 0.25) is 0 Å². The first-order valence-corrected chi connectivity index (χ1v) is 4.42. The number of nitrogens with zero attached hydrogens (tertiary/aromatic N) is 1. The van der Waals surface area contributed by atoms with Gasteiger partial charge >= 0.3 is 12.1 Å². The maximum Gasteiger partial charge on any atom is 0.423 e. The van der Waals surface area contributed by atoms with Crippen molar-refractivity contribution in [1.82, 2.24) is 0 Å². The lowest BCUT2D eigenvalue weighted by Gasteiger charge is -2.09. The summed E-state index contributed by atoms with van der Waals surface area (Å²) in [4.78, 5) is 19.4. The van der Waals surface area contributed by atoms with E-state index in [4.69, 9.17) is 5.11 Å². The smallest absolute Gasteiger partial charge is 0.423 e. The van der Waals surface area contributed by atoms with Crippen molar-refractivity contribution in [2.45, 2.75) is 6.18 Å². The van der Waals surface area contributed by atoms with Crippen molar-refractivity contribution in [2.24, 2.45) is 0 Å². The molecule has 9 heteroatoms. The first-order chi connectivity index (χ1) is 8.21. The Labute approximate surface area is 97.7 Å². The number of nitro benzene ring substituents is 1. The largest absolute Gasteiger partial charge is 0.482 e. The highest BCUT2D eigenvalue weighted by molar-refractivity contribution is 5.68. The van der Waals surface area contributed by atoms with Crippen molar-refractivity contribution in [3.8, 4) is 5.75 Å². The molecule has 6 nitrogen and oxygen atoms in total. The maximum absolute atomic E-state index is 12.5. The molecule has 0 saturated heterocycles. The van der Waals surface area contributed by atoms with Crippen LogP contribution in [0.2, 0.25) is 0 Å². The first-order valence-electron chi connectivity index (χ1n) is 4.42. The summed E-state index contributed by atoms with van der Waals surface area (Å²) >= 11 is 0. The molecule has 0 aliphatic carbocycles. The van der Waals surface area contributed by atoms with Crippen LogP contribution in [-0.4, -0.2) is 22.6 Å².